The first-order valence-corrected chi connectivity index (χ1v) is 6.80. The summed E-state index contributed by atoms with van der Waals surface area (Å²) < 4.78 is 0. The van der Waals surface area contributed by atoms with Crippen molar-refractivity contribution in [1.82, 2.24) is 4.90 Å². The maximum atomic E-state index is 11.8. The first-order valence-electron chi connectivity index (χ1n) is 6.80. The van der Waals surface area contributed by atoms with E-state index in [0.29, 0.717) is 6.42 Å². The van der Waals surface area contributed by atoms with Crippen molar-refractivity contribution in [3.63, 3.8) is 0 Å². The van der Waals surface area contributed by atoms with E-state index in [9.17, 15) is 4.79 Å². The van der Waals surface area contributed by atoms with E-state index in [4.69, 9.17) is 15.3 Å². The van der Waals surface area contributed by atoms with E-state index in [2.05, 4.69) is 6.92 Å². The molecule has 0 amide bonds. The van der Waals surface area contributed by atoms with Gasteiger partial charge in [0, 0.05) is 6.42 Å². The van der Waals surface area contributed by atoms with E-state index >= 15 is 0 Å². The fraction of sp³-hybridized carbons (Fsp3) is 0.923. The van der Waals surface area contributed by atoms with Crippen LogP contribution >= 0.6 is 0 Å². The Kier molecular flexibility index (Phi) is 11.3. The smallest absolute Gasteiger partial charge is 0.152 e. The fourth-order valence-corrected chi connectivity index (χ4v) is 1.91. The fourth-order valence-electron chi connectivity index (χ4n) is 1.91. The highest BCUT2D eigenvalue weighted by atomic mass is 16.3. The van der Waals surface area contributed by atoms with Crippen molar-refractivity contribution < 1.29 is 20.1 Å². The molecule has 1 atom stereocenters. The predicted molar refractivity (Wildman–Crippen MR) is 69.9 cm³/mol. The van der Waals surface area contributed by atoms with Crippen LogP contribution in [0.4, 0.5) is 0 Å². The van der Waals surface area contributed by atoms with Gasteiger partial charge in [-0.25, -0.2) is 4.90 Å². The molecule has 0 heterocycles. The van der Waals surface area contributed by atoms with Gasteiger partial charge in [0.05, 0.1) is 26.1 Å². The van der Waals surface area contributed by atoms with E-state index in [-0.39, 0.29) is 12.4 Å². The Morgan fingerprint density at radius 1 is 1.00 bits per heavy atom. The normalized spacial score (nSPS) is 12.9. The summed E-state index contributed by atoms with van der Waals surface area (Å²) in [6, 6.07) is -0.782. The summed E-state index contributed by atoms with van der Waals surface area (Å²) in [6.45, 7) is 0.942. The number of aliphatic hydroxyl groups is 3. The molecule has 0 aliphatic carbocycles. The van der Waals surface area contributed by atoms with Crippen LogP contribution in [0, 0.1) is 0 Å². The molecule has 3 N–H and O–H groups in total. The lowest BCUT2D eigenvalue weighted by Crippen LogP contribution is -2.44. The second-order valence-electron chi connectivity index (χ2n) is 4.55. The highest BCUT2D eigenvalue weighted by Crippen LogP contribution is 2.10. The van der Waals surface area contributed by atoms with E-state index in [1.54, 1.807) is 0 Å². The SMILES string of the molecule is CCCCCCCCC(=O)C(CO)N(CO)CO. The van der Waals surface area contributed by atoms with Gasteiger partial charge < -0.3 is 15.3 Å². The van der Waals surface area contributed by atoms with Gasteiger partial charge in [0.25, 0.3) is 0 Å². The van der Waals surface area contributed by atoms with Crippen molar-refractivity contribution in [2.75, 3.05) is 20.1 Å². The standard InChI is InChI=1S/C13H27NO4/c1-2-3-4-5-6-7-8-13(18)12(9-15)14(10-16)11-17/h12,15-17H,2-11H2,1H3. The van der Waals surface area contributed by atoms with Gasteiger partial charge in [0.2, 0.25) is 0 Å². The summed E-state index contributed by atoms with van der Waals surface area (Å²) in [5, 5.41) is 27.0. The molecule has 0 aromatic carbocycles. The summed E-state index contributed by atoms with van der Waals surface area (Å²) in [5.41, 5.74) is 0. The summed E-state index contributed by atoms with van der Waals surface area (Å²) >= 11 is 0. The summed E-state index contributed by atoms with van der Waals surface area (Å²) in [4.78, 5) is 13.0. The Balaban J connectivity index is 3.83. The maximum absolute atomic E-state index is 11.8. The number of carbonyl (C=O) groups is 1. The van der Waals surface area contributed by atoms with Crippen molar-refractivity contribution in [3.8, 4) is 0 Å². The lowest BCUT2D eigenvalue weighted by molar-refractivity contribution is -0.130. The minimum Gasteiger partial charge on any atom is -0.394 e. The van der Waals surface area contributed by atoms with Crippen molar-refractivity contribution in [3.05, 3.63) is 0 Å². The molecule has 0 rings (SSSR count). The van der Waals surface area contributed by atoms with E-state index < -0.39 is 19.5 Å². The number of Topliss-reactive ketones (excluding diaryl/α,β-unsaturated/α-hetero) is 1. The van der Waals surface area contributed by atoms with Crippen molar-refractivity contribution in [2.45, 2.75) is 57.9 Å². The average molecular weight is 261 g/mol. The Morgan fingerprint density at radius 2 is 1.56 bits per heavy atom. The summed E-state index contributed by atoms with van der Waals surface area (Å²) in [6.07, 6.45) is 6.99. The number of unbranched alkanes of at least 4 members (excludes halogenated alkanes) is 5. The van der Waals surface area contributed by atoms with Crippen LogP contribution in [-0.4, -0.2) is 52.1 Å². The summed E-state index contributed by atoms with van der Waals surface area (Å²) in [7, 11) is 0. The number of nitrogens with zero attached hydrogens (tertiary/aromatic N) is 1. The lowest BCUT2D eigenvalue weighted by Gasteiger charge is -2.24. The molecular formula is C13H27NO4. The number of rotatable bonds is 12. The van der Waals surface area contributed by atoms with Crippen molar-refractivity contribution in [2.24, 2.45) is 0 Å². The first kappa shape index (κ1) is 17.5. The highest BCUT2D eigenvalue weighted by molar-refractivity contribution is 5.84. The van der Waals surface area contributed by atoms with Crippen LogP contribution in [-0.2, 0) is 4.79 Å². The molecule has 0 spiro atoms. The molecule has 108 valence electrons. The van der Waals surface area contributed by atoms with Gasteiger partial charge >= 0.3 is 0 Å². The number of aliphatic hydroxyl groups excluding tert-OH is 3. The molecule has 18 heavy (non-hydrogen) atoms. The molecule has 0 aliphatic rings. The Bertz CT molecular complexity index is 207. The predicted octanol–water partition coefficient (Wildman–Crippen LogP) is 0.869. The monoisotopic (exact) mass is 261 g/mol. The summed E-state index contributed by atoms with van der Waals surface area (Å²) in [5.74, 6) is -0.115. The molecule has 0 aromatic heterocycles. The van der Waals surface area contributed by atoms with Crippen LogP contribution in [0.25, 0.3) is 0 Å². The molecule has 1 unspecified atom stereocenters. The molecule has 5 nitrogen and oxygen atoms in total. The third-order valence-electron chi connectivity index (χ3n) is 3.13. The molecule has 0 saturated heterocycles. The Hall–Kier alpha value is -0.490. The first-order chi connectivity index (χ1) is 8.71. The van der Waals surface area contributed by atoms with Crippen LogP contribution < -0.4 is 0 Å². The van der Waals surface area contributed by atoms with Crippen LogP contribution in [0.1, 0.15) is 51.9 Å². The van der Waals surface area contributed by atoms with Crippen molar-refractivity contribution in [1.29, 1.82) is 0 Å². The van der Waals surface area contributed by atoms with Crippen LogP contribution in [0.2, 0.25) is 0 Å². The van der Waals surface area contributed by atoms with E-state index in [1.807, 2.05) is 0 Å². The molecule has 0 radical (unpaired) electrons. The van der Waals surface area contributed by atoms with Gasteiger partial charge in [-0.05, 0) is 6.42 Å². The maximum Gasteiger partial charge on any atom is 0.152 e. The van der Waals surface area contributed by atoms with Crippen molar-refractivity contribution >= 4 is 5.78 Å². The minimum absolute atomic E-state index is 0.115. The van der Waals surface area contributed by atoms with E-state index in [0.717, 1.165) is 24.2 Å². The topological polar surface area (TPSA) is 81.0 Å². The zero-order valence-corrected chi connectivity index (χ0v) is 11.3. The molecule has 5 heteroatoms. The molecule has 0 bridgehead atoms. The second kappa shape index (κ2) is 11.6. The number of ketones is 1. The third kappa shape index (κ3) is 7.06. The number of hydrogen-bond donors (Lipinski definition) is 3. The zero-order chi connectivity index (χ0) is 13.8. The molecule has 0 aromatic rings. The molecule has 0 saturated carbocycles. The van der Waals surface area contributed by atoms with Gasteiger partial charge in [-0.1, -0.05) is 39.0 Å². The molecule has 0 aliphatic heterocycles. The quantitative estimate of drug-likeness (QED) is 0.359. The average Bonchev–Trinajstić information content (AvgIpc) is 2.39. The van der Waals surface area contributed by atoms with Crippen LogP contribution in [0.5, 0.6) is 0 Å². The van der Waals surface area contributed by atoms with Gasteiger partial charge in [0.15, 0.2) is 5.78 Å². The highest BCUT2D eigenvalue weighted by Gasteiger charge is 2.23. The van der Waals surface area contributed by atoms with Crippen LogP contribution in [0.15, 0.2) is 0 Å². The van der Waals surface area contributed by atoms with Gasteiger partial charge in [0.1, 0.15) is 0 Å². The molecule has 0 fully saturated rings. The van der Waals surface area contributed by atoms with Crippen LogP contribution in [0.3, 0.4) is 0 Å². The Morgan fingerprint density at radius 3 is 2.06 bits per heavy atom. The lowest BCUT2D eigenvalue weighted by atomic mass is 10.0. The Labute approximate surface area is 109 Å². The van der Waals surface area contributed by atoms with E-state index in [1.165, 1.54) is 19.3 Å². The third-order valence-corrected chi connectivity index (χ3v) is 3.13. The second-order valence-corrected chi connectivity index (χ2v) is 4.55. The number of hydrogen-bond acceptors (Lipinski definition) is 5. The number of carbonyl (C=O) groups excluding carboxylic acids is 1. The van der Waals surface area contributed by atoms with Gasteiger partial charge in [-0.3, -0.25) is 4.79 Å². The molecular weight excluding hydrogens is 234 g/mol. The van der Waals surface area contributed by atoms with Gasteiger partial charge in [-0.15, -0.1) is 0 Å². The van der Waals surface area contributed by atoms with Gasteiger partial charge in [-0.2, -0.15) is 0 Å². The largest absolute Gasteiger partial charge is 0.394 e. The minimum atomic E-state index is -0.782. The zero-order valence-electron chi connectivity index (χ0n) is 11.3.